The minimum Gasteiger partial charge on any atom is -0.366 e. The number of amides is 1. The number of benzene rings is 1. The van der Waals surface area contributed by atoms with Gasteiger partial charge in [-0.15, -0.1) is 0 Å². The second-order valence-corrected chi connectivity index (χ2v) is 6.17. The highest BCUT2D eigenvalue weighted by Gasteiger charge is 2.19. The van der Waals surface area contributed by atoms with Gasteiger partial charge in [-0.3, -0.25) is 9.48 Å². The van der Waals surface area contributed by atoms with Crippen molar-refractivity contribution in [1.29, 1.82) is 0 Å². The van der Waals surface area contributed by atoms with Gasteiger partial charge in [0, 0.05) is 18.3 Å². The molecule has 1 aromatic carbocycles. The quantitative estimate of drug-likeness (QED) is 0.570. The summed E-state index contributed by atoms with van der Waals surface area (Å²) in [7, 11) is 1.82. The zero-order valence-electron chi connectivity index (χ0n) is 15.0. The van der Waals surface area contributed by atoms with E-state index in [1.807, 2.05) is 20.9 Å². The summed E-state index contributed by atoms with van der Waals surface area (Å²) in [4.78, 5) is 20.5. The highest BCUT2D eigenvalue weighted by atomic mass is 16.5. The van der Waals surface area contributed by atoms with Gasteiger partial charge in [0.15, 0.2) is 11.5 Å². The van der Waals surface area contributed by atoms with E-state index in [1.54, 1.807) is 35.1 Å². The monoisotopic (exact) mass is 363 g/mol. The number of rotatable bonds is 4. The van der Waals surface area contributed by atoms with E-state index in [9.17, 15) is 4.79 Å². The minimum atomic E-state index is -0.473. The number of nitrogens with zero attached hydrogens (tertiary/aromatic N) is 5. The van der Waals surface area contributed by atoms with Crippen molar-refractivity contribution in [1.82, 2.24) is 24.9 Å². The fourth-order valence-corrected chi connectivity index (χ4v) is 2.89. The second kappa shape index (κ2) is 6.20. The Labute approximate surface area is 154 Å². The van der Waals surface area contributed by atoms with Crippen molar-refractivity contribution in [3.63, 3.8) is 0 Å². The largest absolute Gasteiger partial charge is 0.366 e. The molecule has 0 atom stereocenters. The van der Waals surface area contributed by atoms with Crippen LogP contribution in [0.3, 0.4) is 0 Å². The van der Waals surface area contributed by atoms with Crippen LogP contribution in [-0.2, 0) is 7.05 Å². The molecule has 27 heavy (non-hydrogen) atoms. The number of carbonyl (C=O) groups excluding carboxylic acids is 1. The van der Waals surface area contributed by atoms with Gasteiger partial charge in [-0.25, -0.2) is 9.97 Å². The molecule has 0 radical (unpaired) electrons. The van der Waals surface area contributed by atoms with Gasteiger partial charge in [0.05, 0.1) is 22.8 Å². The lowest BCUT2D eigenvalue weighted by molar-refractivity contribution is 0.100. The van der Waals surface area contributed by atoms with E-state index in [0.717, 1.165) is 16.6 Å². The summed E-state index contributed by atoms with van der Waals surface area (Å²) in [5.41, 5.74) is 8.63. The molecule has 0 aliphatic heterocycles. The molecule has 0 fully saturated rings. The zero-order chi connectivity index (χ0) is 19.1. The summed E-state index contributed by atoms with van der Waals surface area (Å²) in [6.45, 7) is 3.67. The number of nitrogens with one attached hydrogen (secondary N) is 1. The van der Waals surface area contributed by atoms with Crippen LogP contribution in [0.2, 0.25) is 0 Å². The maximum Gasteiger partial charge on any atom is 0.248 e. The zero-order valence-corrected chi connectivity index (χ0v) is 15.0. The summed E-state index contributed by atoms with van der Waals surface area (Å²) >= 11 is 0. The number of carbonyl (C=O) groups is 1. The van der Waals surface area contributed by atoms with Crippen molar-refractivity contribution >= 4 is 28.4 Å². The van der Waals surface area contributed by atoms with Crippen LogP contribution < -0.4 is 11.1 Å². The van der Waals surface area contributed by atoms with Crippen molar-refractivity contribution in [2.75, 3.05) is 5.32 Å². The lowest BCUT2D eigenvalue weighted by Gasteiger charge is -2.09. The SMILES string of the molecule is Cc1noc(C)c1-c1nc(Nc2ccc(C(N)=O)cc2)c2cnn(C)c2n1. The Kier molecular flexibility index (Phi) is 3.84. The van der Waals surface area contributed by atoms with E-state index in [2.05, 4.69) is 25.5 Å². The van der Waals surface area contributed by atoms with Crippen molar-refractivity contribution in [3.05, 3.63) is 47.5 Å². The summed E-state index contributed by atoms with van der Waals surface area (Å²) in [6, 6.07) is 6.84. The molecule has 4 aromatic rings. The first-order valence-electron chi connectivity index (χ1n) is 8.24. The molecular formula is C18H17N7O2. The molecule has 3 heterocycles. The first kappa shape index (κ1) is 16.7. The average molecular weight is 363 g/mol. The van der Waals surface area contributed by atoms with Gasteiger partial charge in [-0.05, 0) is 38.1 Å². The van der Waals surface area contributed by atoms with Crippen LogP contribution in [0.5, 0.6) is 0 Å². The predicted octanol–water partition coefficient (Wildman–Crippen LogP) is 2.48. The Morgan fingerprint density at radius 2 is 1.93 bits per heavy atom. The predicted molar refractivity (Wildman–Crippen MR) is 99.5 cm³/mol. The van der Waals surface area contributed by atoms with Gasteiger partial charge in [0.25, 0.3) is 0 Å². The molecule has 9 nitrogen and oxygen atoms in total. The normalized spacial score (nSPS) is 11.1. The number of aromatic nitrogens is 5. The summed E-state index contributed by atoms with van der Waals surface area (Å²) in [5.74, 6) is 1.26. The van der Waals surface area contributed by atoms with Crippen molar-refractivity contribution < 1.29 is 9.32 Å². The van der Waals surface area contributed by atoms with Gasteiger partial charge >= 0.3 is 0 Å². The van der Waals surface area contributed by atoms with Gasteiger partial charge in [0.2, 0.25) is 5.91 Å². The van der Waals surface area contributed by atoms with E-state index in [0.29, 0.717) is 34.3 Å². The van der Waals surface area contributed by atoms with E-state index < -0.39 is 5.91 Å². The van der Waals surface area contributed by atoms with E-state index in [4.69, 9.17) is 10.3 Å². The van der Waals surface area contributed by atoms with Crippen LogP contribution in [0.25, 0.3) is 22.4 Å². The van der Waals surface area contributed by atoms with Crippen molar-refractivity contribution in [3.8, 4) is 11.4 Å². The van der Waals surface area contributed by atoms with Gasteiger partial charge in [-0.1, -0.05) is 5.16 Å². The molecular weight excluding hydrogens is 346 g/mol. The van der Waals surface area contributed by atoms with Crippen LogP contribution in [0.15, 0.2) is 35.0 Å². The Morgan fingerprint density at radius 3 is 2.56 bits per heavy atom. The third-order valence-corrected chi connectivity index (χ3v) is 4.28. The number of anilines is 2. The fraction of sp³-hybridized carbons (Fsp3) is 0.167. The first-order valence-corrected chi connectivity index (χ1v) is 8.24. The second-order valence-electron chi connectivity index (χ2n) is 6.17. The minimum absolute atomic E-state index is 0.436. The van der Waals surface area contributed by atoms with Gasteiger partial charge in [0.1, 0.15) is 11.6 Å². The lowest BCUT2D eigenvalue weighted by atomic mass is 10.2. The number of aryl methyl sites for hydroxylation is 3. The molecule has 3 N–H and O–H groups in total. The Morgan fingerprint density at radius 1 is 1.19 bits per heavy atom. The smallest absolute Gasteiger partial charge is 0.248 e. The molecule has 0 aliphatic carbocycles. The van der Waals surface area contributed by atoms with Crippen LogP contribution in [0.1, 0.15) is 21.8 Å². The van der Waals surface area contributed by atoms with E-state index in [-0.39, 0.29) is 0 Å². The number of nitrogens with two attached hydrogens (primary N) is 1. The summed E-state index contributed by atoms with van der Waals surface area (Å²) < 4.78 is 6.93. The Balaban J connectivity index is 1.83. The summed E-state index contributed by atoms with van der Waals surface area (Å²) in [6.07, 6.45) is 1.70. The lowest BCUT2D eigenvalue weighted by Crippen LogP contribution is -2.10. The van der Waals surface area contributed by atoms with Gasteiger partial charge < -0.3 is 15.6 Å². The first-order chi connectivity index (χ1) is 12.9. The van der Waals surface area contributed by atoms with Crippen molar-refractivity contribution in [2.45, 2.75) is 13.8 Å². The van der Waals surface area contributed by atoms with E-state index >= 15 is 0 Å². The molecule has 3 aromatic heterocycles. The summed E-state index contributed by atoms with van der Waals surface area (Å²) in [5, 5.41) is 12.3. The van der Waals surface area contributed by atoms with Crippen LogP contribution >= 0.6 is 0 Å². The average Bonchev–Trinajstić information content (AvgIpc) is 3.18. The number of primary amides is 1. The molecule has 4 rings (SSSR count). The highest BCUT2D eigenvalue weighted by Crippen LogP contribution is 2.30. The Bertz CT molecular complexity index is 1140. The molecule has 0 bridgehead atoms. The molecule has 9 heteroatoms. The van der Waals surface area contributed by atoms with E-state index in [1.165, 1.54) is 0 Å². The molecule has 1 amide bonds. The number of fused-ring (bicyclic) bond motifs is 1. The fourth-order valence-electron chi connectivity index (χ4n) is 2.89. The topological polar surface area (TPSA) is 125 Å². The van der Waals surface area contributed by atoms with Crippen LogP contribution in [-0.4, -0.2) is 30.8 Å². The molecule has 0 unspecified atom stereocenters. The molecule has 0 saturated heterocycles. The van der Waals surface area contributed by atoms with Crippen LogP contribution in [0.4, 0.5) is 11.5 Å². The van der Waals surface area contributed by atoms with Gasteiger partial charge in [-0.2, -0.15) is 5.10 Å². The number of hydrogen-bond acceptors (Lipinski definition) is 7. The highest BCUT2D eigenvalue weighted by molar-refractivity contribution is 5.94. The van der Waals surface area contributed by atoms with Crippen LogP contribution in [0, 0.1) is 13.8 Å². The number of hydrogen-bond donors (Lipinski definition) is 2. The molecule has 0 spiro atoms. The maximum atomic E-state index is 11.2. The molecule has 0 aliphatic rings. The third-order valence-electron chi connectivity index (χ3n) is 4.28. The molecule has 136 valence electrons. The Hall–Kier alpha value is -3.75. The maximum absolute atomic E-state index is 11.2. The standard InChI is InChI=1S/C18H17N7O2/c1-9-14(10(2)27-24-9)17-22-16(13-8-20-25(3)18(13)23-17)21-12-6-4-11(5-7-12)15(19)26/h4-8H,1-3H3,(H2,19,26)(H,21,22,23). The van der Waals surface area contributed by atoms with Crippen molar-refractivity contribution in [2.24, 2.45) is 12.8 Å². The molecule has 0 saturated carbocycles. The third kappa shape index (κ3) is 2.88.